The lowest BCUT2D eigenvalue weighted by Crippen LogP contribution is -1.90. The lowest BCUT2D eigenvalue weighted by Gasteiger charge is -1.87. The molecular weight excluding hydrogens is 174 g/mol. The van der Waals surface area contributed by atoms with Crippen LogP contribution in [0, 0.1) is 22.0 Å². The van der Waals surface area contributed by atoms with Crippen LogP contribution in [0.15, 0.2) is 6.33 Å². The Morgan fingerprint density at radius 2 is 2.54 bits per heavy atom. The van der Waals surface area contributed by atoms with Crippen molar-refractivity contribution in [2.45, 2.75) is 6.42 Å². The normalized spacial score (nSPS) is 9.00. The Labute approximate surface area is 73.8 Å². The fourth-order valence-electron chi connectivity index (χ4n) is 0.720. The number of nitro groups is 1. The van der Waals surface area contributed by atoms with E-state index in [-0.39, 0.29) is 24.5 Å². The van der Waals surface area contributed by atoms with Gasteiger partial charge in [-0.15, -0.1) is 0 Å². The zero-order chi connectivity index (χ0) is 9.68. The van der Waals surface area contributed by atoms with E-state index in [4.69, 9.17) is 5.11 Å². The Bertz CT molecular complexity index is 361. The molecule has 0 radical (unpaired) electrons. The van der Waals surface area contributed by atoms with Crippen LogP contribution < -0.4 is 0 Å². The minimum absolute atomic E-state index is 0.0643. The second kappa shape index (κ2) is 4.23. The molecule has 0 saturated heterocycles. The minimum atomic E-state index is -0.587. The SMILES string of the molecule is O=[N+]([O-])c1[nH]cnc1C#CCCO. The number of H-pyrrole nitrogens is 1. The Balaban J connectivity index is 2.84. The maximum Gasteiger partial charge on any atom is 0.356 e. The summed E-state index contributed by atoms with van der Waals surface area (Å²) >= 11 is 0. The first-order valence-corrected chi connectivity index (χ1v) is 3.53. The Kier molecular flexibility index (Phi) is 3.00. The van der Waals surface area contributed by atoms with Gasteiger partial charge >= 0.3 is 5.82 Å². The van der Waals surface area contributed by atoms with Crippen LogP contribution in [-0.4, -0.2) is 26.6 Å². The van der Waals surface area contributed by atoms with Gasteiger partial charge in [-0.25, -0.2) is 4.98 Å². The third kappa shape index (κ3) is 2.28. The van der Waals surface area contributed by atoms with E-state index < -0.39 is 4.92 Å². The van der Waals surface area contributed by atoms with Crippen LogP contribution in [0.3, 0.4) is 0 Å². The van der Waals surface area contributed by atoms with E-state index in [1.165, 1.54) is 6.33 Å². The highest BCUT2D eigenvalue weighted by atomic mass is 16.6. The summed E-state index contributed by atoms with van der Waals surface area (Å²) in [6, 6.07) is 0. The monoisotopic (exact) mass is 181 g/mol. The summed E-state index contributed by atoms with van der Waals surface area (Å²) in [5.41, 5.74) is 0.0958. The fraction of sp³-hybridized carbons (Fsp3) is 0.286. The predicted molar refractivity (Wildman–Crippen MR) is 43.8 cm³/mol. The van der Waals surface area contributed by atoms with E-state index in [1.807, 2.05) is 0 Å². The molecule has 0 aliphatic rings. The minimum Gasteiger partial charge on any atom is -0.395 e. The van der Waals surface area contributed by atoms with Crippen molar-refractivity contribution in [2.24, 2.45) is 0 Å². The van der Waals surface area contributed by atoms with E-state index in [0.717, 1.165) is 0 Å². The van der Waals surface area contributed by atoms with Crippen LogP contribution in [0.5, 0.6) is 0 Å². The number of imidazole rings is 1. The summed E-state index contributed by atoms with van der Waals surface area (Å²) in [5, 5.41) is 18.7. The number of aliphatic hydroxyl groups is 1. The molecule has 1 heterocycles. The number of aromatic nitrogens is 2. The van der Waals surface area contributed by atoms with Crippen LogP contribution in [0.1, 0.15) is 12.1 Å². The lowest BCUT2D eigenvalue weighted by molar-refractivity contribution is -0.389. The molecule has 6 nitrogen and oxygen atoms in total. The topological polar surface area (TPSA) is 92.0 Å². The summed E-state index contributed by atoms with van der Waals surface area (Å²) in [5.74, 6) is 4.81. The highest BCUT2D eigenvalue weighted by molar-refractivity contribution is 5.40. The molecule has 0 unspecified atom stereocenters. The van der Waals surface area contributed by atoms with Gasteiger partial charge < -0.3 is 15.2 Å². The van der Waals surface area contributed by atoms with Gasteiger partial charge in [-0.3, -0.25) is 0 Å². The highest BCUT2D eigenvalue weighted by Crippen LogP contribution is 2.09. The number of nitrogens with one attached hydrogen (secondary N) is 1. The van der Waals surface area contributed by atoms with Gasteiger partial charge in [0.05, 0.1) is 6.61 Å². The average molecular weight is 181 g/mol. The molecule has 0 amide bonds. The van der Waals surface area contributed by atoms with Gasteiger partial charge in [-0.2, -0.15) is 4.98 Å². The molecule has 0 fully saturated rings. The van der Waals surface area contributed by atoms with Crippen LogP contribution in [0.25, 0.3) is 0 Å². The molecule has 1 aromatic heterocycles. The molecule has 0 aliphatic heterocycles. The highest BCUT2D eigenvalue weighted by Gasteiger charge is 2.11. The van der Waals surface area contributed by atoms with Gasteiger partial charge in [-0.05, 0) is 10.8 Å². The smallest absolute Gasteiger partial charge is 0.356 e. The van der Waals surface area contributed by atoms with E-state index in [1.54, 1.807) is 0 Å². The van der Waals surface area contributed by atoms with Gasteiger partial charge in [0.1, 0.15) is 0 Å². The maximum atomic E-state index is 10.3. The molecular formula is C7H7N3O3. The van der Waals surface area contributed by atoms with E-state index in [2.05, 4.69) is 21.8 Å². The molecule has 0 aromatic carbocycles. The van der Waals surface area contributed by atoms with Crippen LogP contribution in [0.4, 0.5) is 5.82 Å². The third-order valence-electron chi connectivity index (χ3n) is 1.25. The molecule has 68 valence electrons. The first kappa shape index (κ1) is 9.22. The van der Waals surface area contributed by atoms with E-state index in [9.17, 15) is 10.1 Å². The van der Waals surface area contributed by atoms with Crippen molar-refractivity contribution >= 4 is 5.82 Å². The molecule has 0 atom stereocenters. The molecule has 1 aromatic rings. The van der Waals surface area contributed by atoms with E-state index in [0.29, 0.717) is 0 Å². The van der Waals surface area contributed by atoms with Crippen molar-refractivity contribution in [2.75, 3.05) is 6.61 Å². The molecule has 0 spiro atoms. The number of hydrogen-bond acceptors (Lipinski definition) is 4. The van der Waals surface area contributed by atoms with E-state index >= 15 is 0 Å². The first-order valence-electron chi connectivity index (χ1n) is 3.53. The van der Waals surface area contributed by atoms with Crippen molar-refractivity contribution in [3.05, 3.63) is 22.1 Å². The second-order valence-electron chi connectivity index (χ2n) is 2.13. The zero-order valence-electron chi connectivity index (χ0n) is 6.65. The molecule has 0 saturated carbocycles. The quantitative estimate of drug-likeness (QED) is 0.383. The summed E-state index contributed by atoms with van der Waals surface area (Å²) < 4.78 is 0. The summed E-state index contributed by atoms with van der Waals surface area (Å²) in [4.78, 5) is 15.8. The first-order chi connectivity index (χ1) is 6.25. The predicted octanol–water partition coefficient (Wildman–Crippen LogP) is 0.0518. The van der Waals surface area contributed by atoms with Crippen molar-refractivity contribution in [3.8, 4) is 11.8 Å². The third-order valence-corrected chi connectivity index (χ3v) is 1.25. The molecule has 6 heteroatoms. The molecule has 0 bridgehead atoms. The number of nitrogens with zero attached hydrogens (tertiary/aromatic N) is 2. The van der Waals surface area contributed by atoms with Crippen LogP contribution >= 0.6 is 0 Å². The fourth-order valence-corrected chi connectivity index (χ4v) is 0.720. The zero-order valence-corrected chi connectivity index (χ0v) is 6.65. The van der Waals surface area contributed by atoms with Gasteiger partial charge in [0, 0.05) is 6.42 Å². The Morgan fingerprint density at radius 1 is 1.77 bits per heavy atom. The molecule has 13 heavy (non-hydrogen) atoms. The number of hydrogen-bond donors (Lipinski definition) is 2. The largest absolute Gasteiger partial charge is 0.395 e. The maximum absolute atomic E-state index is 10.3. The van der Waals surface area contributed by atoms with Crippen LogP contribution in [-0.2, 0) is 0 Å². The average Bonchev–Trinajstić information content (AvgIpc) is 2.53. The summed E-state index contributed by atoms with van der Waals surface area (Å²) in [7, 11) is 0. The van der Waals surface area contributed by atoms with Crippen molar-refractivity contribution in [1.29, 1.82) is 0 Å². The Hall–Kier alpha value is -1.87. The van der Waals surface area contributed by atoms with Gasteiger partial charge in [-0.1, -0.05) is 5.92 Å². The Morgan fingerprint density at radius 3 is 3.15 bits per heavy atom. The standard InChI is InChI=1S/C7H7N3O3/c11-4-2-1-3-6-7(10(12)13)9-5-8-6/h5,11H,2,4H2,(H,8,9). The van der Waals surface area contributed by atoms with Crippen molar-refractivity contribution < 1.29 is 10.0 Å². The second-order valence-corrected chi connectivity index (χ2v) is 2.13. The van der Waals surface area contributed by atoms with Crippen LogP contribution in [0.2, 0.25) is 0 Å². The van der Waals surface area contributed by atoms with Gasteiger partial charge in [0.15, 0.2) is 6.33 Å². The lowest BCUT2D eigenvalue weighted by atomic mass is 10.4. The van der Waals surface area contributed by atoms with Gasteiger partial charge in [0.25, 0.3) is 0 Å². The molecule has 1 rings (SSSR count). The van der Waals surface area contributed by atoms with Crippen molar-refractivity contribution in [1.82, 2.24) is 9.97 Å². The number of rotatable bonds is 2. The van der Waals surface area contributed by atoms with Crippen molar-refractivity contribution in [3.63, 3.8) is 0 Å². The number of aliphatic hydroxyl groups excluding tert-OH is 1. The van der Waals surface area contributed by atoms with Gasteiger partial charge in [0.2, 0.25) is 5.69 Å². The summed E-state index contributed by atoms with van der Waals surface area (Å²) in [6.45, 7) is -0.0643. The molecule has 2 N–H and O–H groups in total. The number of aromatic amines is 1. The molecule has 0 aliphatic carbocycles. The summed E-state index contributed by atoms with van der Waals surface area (Å²) in [6.07, 6.45) is 1.49.